The van der Waals surface area contributed by atoms with Gasteiger partial charge in [0.1, 0.15) is 6.07 Å². The Balaban J connectivity index is 1.64. The normalized spacial score (nSPS) is 19.5. The summed E-state index contributed by atoms with van der Waals surface area (Å²) in [6.07, 6.45) is 1.93. The van der Waals surface area contributed by atoms with Crippen LogP contribution in [-0.2, 0) is 0 Å². The number of piperidine rings is 1. The summed E-state index contributed by atoms with van der Waals surface area (Å²) in [5.41, 5.74) is 1.55. The highest BCUT2D eigenvalue weighted by molar-refractivity contribution is 6.32. The molecule has 2 saturated heterocycles. The Bertz CT molecular complexity index is 590. The molecular formula is C15H17ClN4O. The highest BCUT2D eigenvalue weighted by Gasteiger charge is 2.30. The highest BCUT2D eigenvalue weighted by Crippen LogP contribution is 2.27. The minimum absolute atomic E-state index is 0.0647. The molecule has 1 N–H and O–H groups in total. The molecule has 5 nitrogen and oxygen atoms in total. The van der Waals surface area contributed by atoms with E-state index in [1.54, 1.807) is 6.07 Å². The van der Waals surface area contributed by atoms with Gasteiger partial charge in [-0.15, -0.1) is 0 Å². The molecule has 2 aliphatic heterocycles. The number of halogens is 1. The van der Waals surface area contributed by atoms with Crippen molar-refractivity contribution in [2.45, 2.75) is 18.9 Å². The number of nitrogens with zero attached hydrogens (tertiary/aromatic N) is 3. The Labute approximate surface area is 129 Å². The summed E-state index contributed by atoms with van der Waals surface area (Å²) in [6, 6.07) is 8.02. The summed E-state index contributed by atoms with van der Waals surface area (Å²) < 4.78 is 0. The van der Waals surface area contributed by atoms with Crippen molar-refractivity contribution in [3.8, 4) is 6.07 Å². The number of anilines is 1. The zero-order valence-corrected chi connectivity index (χ0v) is 12.4. The number of nitrogens with one attached hydrogen (secondary N) is 1. The maximum atomic E-state index is 11.7. The van der Waals surface area contributed by atoms with Gasteiger partial charge >= 0.3 is 6.03 Å². The Morgan fingerprint density at radius 2 is 2.05 bits per heavy atom. The number of urea groups is 1. The first-order chi connectivity index (χ1) is 10.2. The van der Waals surface area contributed by atoms with E-state index in [4.69, 9.17) is 16.9 Å². The van der Waals surface area contributed by atoms with Crippen LogP contribution in [0.3, 0.4) is 0 Å². The van der Waals surface area contributed by atoms with Crippen LogP contribution in [0.2, 0.25) is 5.02 Å². The Morgan fingerprint density at radius 1 is 1.29 bits per heavy atom. The summed E-state index contributed by atoms with van der Waals surface area (Å²) in [4.78, 5) is 15.9. The molecule has 0 spiro atoms. The molecular weight excluding hydrogens is 288 g/mol. The van der Waals surface area contributed by atoms with Gasteiger partial charge in [-0.3, -0.25) is 0 Å². The molecule has 0 bridgehead atoms. The van der Waals surface area contributed by atoms with E-state index < -0.39 is 0 Å². The number of carbonyl (C=O) groups excluding carboxylic acids is 1. The molecule has 0 saturated carbocycles. The lowest BCUT2D eigenvalue weighted by molar-refractivity contribution is 0.186. The van der Waals surface area contributed by atoms with Crippen LogP contribution in [0.25, 0.3) is 0 Å². The van der Waals surface area contributed by atoms with E-state index in [0.717, 1.165) is 44.7 Å². The first-order valence-corrected chi connectivity index (χ1v) is 7.56. The molecule has 2 heterocycles. The van der Waals surface area contributed by atoms with Crippen molar-refractivity contribution in [3.05, 3.63) is 28.8 Å². The van der Waals surface area contributed by atoms with Gasteiger partial charge < -0.3 is 15.1 Å². The third kappa shape index (κ3) is 2.77. The van der Waals surface area contributed by atoms with E-state index in [9.17, 15) is 4.79 Å². The second-order valence-corrected chi connectivity index (χ2v) is 5.83. The van der Waals surface area contributed by atoms with E-state index in [1.165, 1.54) is 0 Å². The number of benzene rings is 1. The topological polar surface area (TPSA) is 59.4 Å². The molecule has 21 heavy (non-hydrogen) atoms. The van der Waals surface area contributed by atoms with Crippen molar-refractivity contribution in [2.75, 3.05) is 31.1 Å². The molecule has 0 unspecified atom stereocenters. The third-order valence-electron chi connectivity index (χ3n) is 4.23. The molecule has 2 amide bonds. The largest absolute Gasteiger partial charge is 0.371 e. The molecule has 0 radical (unpaired) electrons. The average molecular weight is 305 g/mol. The van der Waals surface area contributed by atoms with Crippen LogP contribution in [-0.4, -0.2) is 43.2 Å². The van der Waals surface area contributed by atoms with Crippen molar-refractivity contribution < 1.29 is 4.79 Å². The predicted molar refractivity (Wildman–Crippen MR) is 81.5 cm³/mol. The van der Waals surface area contributed by atoms with Gasteiger partial charge in [0.15, 0.2) is 0 Å². The number of nitriles is 1. The van der Waals surface area contributed by atoms with Crippen LogP contribution in [0.15, 0.2) is 18.2 Å². The molecule has 1 aromatic rings. The van der Waals surface area contributed by atoms with Gasteiger partial charge in [0.05, 0.1) is 10.6 Å². The molecule has 6 heteroatoms. The molecule has 0 aromatic heterocycles. The molecule has 2 fully saturated rings. The van der Waals surface area contributed by atoms with E-state index in [1.807, 2.05) is 17.0 Å². The van der Waals surface area contributed by atoms with Crippen molar-refractivity contribution in [1.29, 1.82) is 5.26 Å². The van der Waals surface area contributed by atoms with Crippen molar-refractivity contribution in [2.24, 2.45) is 0 Å². The van der Waals surface area contributed by atoms with Crippen molar-refractivity contribution in [3.63, 3.8) is 0 Å². The highest BCUT2D eigenvalue weighted by atomic mass is 35.5. The second-order valence-electron chi connectivity index (χ2n) is 5.42. The van der Waals surface area contributed by atoms with Gasteiger partial charge in [-0.05, 0) is 31.0 Å². The third-order valence-corrected chi connectivity index (χ3v) is 4.55. The Morgan fingerprint density at radius 3 is 2.62 bits per heavy atom. The fraction of sp³-hybridized carbons (Fsp3) is 0.467. The van der Waals surface area contributed by atoms with Crippen LogP contribution in [0.4, 0.5) is 10.5 Å². The van der Waals surface area contributed by atoms with E-state index >= 15 is 0 Å². The maximum Gasteiger partial charge on any atom is 0.317 e. The van der Waals surface area contributed by atoms with Gasteiger partial charge in [-0.2, -0.15) is 5.26 Å². The molecule has 1 aromatic carbocycles. The molecule has 0 atom stereocenters. The number of rotatable bonds is 2. The summed E-state index contributed by atoms with van der Waals surface area (Å²) in [7, 11) is 0. The van der Waals surface area contributed by atoms with Crippen molar-refractivity contribution in [1.82, 2.24) is 10.2 Å². The van der Waals surface area contributed by atoms with Gasteiger partial charge in [-0.25, -0.2) is 4.79 Å². The molecule has 3 rings (SSSR count). The van der Waals surface area contributed by atoms with Gasteiger partial charge in [0.2, 0.25) is 0 Å². The average Bonchev–Trinajstić information content (AvgIpc) is 2.93. The van der Waals surface area contributed by atoms with E-state index in [2.05, 4.69) is 16.3 Å². The SMILES string of the molecule is N#Cc1ccc(N2CCC(N3CCNC3=O)CC2)cc1Cl. The summed E-state index contributed by atoms with van der Waals surface area (Å²) >= 11 is 6.09. The lowest BCUT2D eigenvalue weighted by atomic mass is 10.0. The number of hydrogen-bond donors (Lipinski definition) is 1. The fourth-order valence-electron chi connectivity index (χ4n) is 3.06. The van der Waals surface area contributed by atoms with Crippen LogP contribution < -0.4 is 10.2 Å². The standard InChI is InChI=1S/C15H17ClN4O/c16-14-9-13(2-1-11(14)10-17)19-6-3-12(4-7-19)20-8-5-18-15(20)21/h1-2,9,12H,3-8H2,(H,18,21). The van der Waals surface area contributed by atoms with Crippen molar-refractivity contribution >= 4 is 23.3 Å². The van der Waals surface area contributed by atoms with Crippen LogP contribution in [0, 0.1) is 11.3 Å². The molecule has 0 aliphatic carbocycles. The second kappa shape index (κ2) is 5.82. The van der Waals surface area contributed by atoms with Gasteiger partial charge in [0, 0.05) is 37.9 Å². The smallest absolute Gasteiger partial charge is 0.317 e. The lowest BCUT2D eigenvalue weighted by Crippen LogP contribution is -2.46. The van der Waals surface area contributed by atoms with Crippen LogP contribution in [0.1, 0.15) is 18.4 Å². The summed E-state index contributed by atoms with van der Waals surface area (Å²) in [6.45, 7) is 3.36. The predicted octanol–water partition coefficient (Wildman–Crippen LogP) is 2.21. The minimum Gasteiger partial charge on any atom is -0.371 e. The molecule has 2 aliphatic rings. The first-order valence-electron chi connectivity index (χ1n) is 7.18. The monoisotopic (exact) mass is 304 g/mol. The lowest BCUT2D eigenvalue weighted by Gasteiger charge is -2.37. The number of hydrogen-bond acceptors (Lipinski definition) is 3. The number of carbonyl (C=O) groups is 1. The van der Waals surface area contributed by atoms with E-state index in [0.29, 0.717) is 16.6 Å². The van der Waals surface area contributed by atoms with E-state index in [-0.39, 0.29) is 6.03 Å². The quantitative estimate of drug-likeness (QED) is 0.911. The van der Waals surface area contributed by atoms with Crippen LogP contribution >= 0.6 is 11.6 Å². The Kier molecular flexibility index (Phi) is 3.89. The maximum absolute atomic E-state index is 11.7. The Hall–Kier alpha value is -1.93. The molecule has 110 valence electrons. The zero-order valence-electron chi connectivity index (χ0n) is 11.7. The van der Waals surface area contributed by atoms with Gasteiger partial charge in [-0.1, -0.05) is 11.6 Å². The fourth-order valence-corrected chi connectivity index (χ4v) is 3.28. The first kappa shape index (κ1) is 14.0. The minimum atomic E-state index is 0.0647. The zero-order chi connectivity index (χ0) is 14.8. The number of amides is 2. The van der Waals surface area contributed by atoms with Gasteiger partial charge in [0.25, 0.3) is 0 Å². The summed E-state index contributed by atoms with van der Waals surface area (Å²) in [5.74, 6) is 0. The van der Waals surface area contributed by atoms with Crippen LogP contribution in [0.5, 0.6) is 0 Å². The summed E-state index contributed by atoms with van der Waals surface area (Å²) in [5, 5.41) is 12.3.